The molecule has 0 aromatic rings. The molecule has 0 unspecified atom stereocenters. The maximum atomic E-state index is 11.4. The minimum atomic E-state index is -0.566. The Bertz CT molecular complexity index is 81.8. The number of hydrogen-bond acceptors (Lipinski definition) is 2. The first kappa shape index (κ1) is 4.56. The van der Waals surface area contributed by atoms with Crippen LogP contribution in [-0.4, -0.2) is 24.6 Å². The Morgan fingerprint density at radius 2 is 2.71 bits per heavy atom. The number of alkyl halides is 1. The number of halogens is 1. The van der Waals surface area contributed by atoms with Gasteiger partial charge in [0, 0.05) is 0 Å². The van der Waals surface area contributed by atoms with Crippen molar-refractivity contribution in [3.63, 3.8) is 0 Å². The van der Waals surface area contributed by atoms with Crippen LogP contribution in [0.3, 0.4) is 0 Å². The van der Waals surface area contributed by atoms with Crippen LogP contribution < -0.4 is 0 Å². The maximum absolute atomic E-state index is 11.4. The Kier molecular flexibility index (Phi) is 1.24. The van der Waals surface area contributed by atoms with Crippen LogP contribution in [0.5, 0.6) is 0 Å². The molecule has 0 atom stereocenters. The van der Waals surface area contributed by atoms with Gasteiger partial charge in [0.05, 0.1) is 6.54 Å². The highest BCUT2D eigenvalue weighted by atomic mass is 19.1. The van der Waals surface area contributed by atoms with Gasteiger partial charge in [0.25, 0.3) is 0 Å². The van der Waals surface area contributed by atoms with Gasteiger partial charge in [0.1, 0.15) is 6.54 Å². The second kappa shape index (κ2) is 1.91. The van der Waals surface area contributed by atoms with Crippen molar-refractivity contribution in [2.75, 3.05) is 13.3 Å². The molecule has 0 saturated heterocycles. The van der Waals surface area contributed by atoms with Crippen molar-refractivity contribution in [2.45, 2.75) is 0 Å². The van der Waals surface area contributed by atoms with Gasteiger partial charge in [-0.15, -0.1) is 0 Å². The number of aliphatic imine (C=N–C) groups is 1. The molecule has 3 heteroatoms. The van der Waals surface area contributed by atoms with Crippen LogP contribution in [0.25, 0.3) is 0 Å². The Hall–Kier alpha value is -0.600. The lowest BCUT2D eigenvalue weighted by Gasteiger charge is -2.00. The van der Waals surface area contributed by atoms with Crippen molar-refractivity contribution >= 4 is 6.34 Å². The first-order chi connectivity index (χ1) is 3.43. The van der Waals surface area contributed by atoms with E-state index in [4.69, 9.17) is 0 Å². The van der Waals surface area contributed by atoms with Crippen molar-refractivity contribution in [3.8, 4) is 0 Å². The molecule has 0 N–H and O–H groups in total. The molecule has 0 bridgehead atoms. The standard InChI is InChI=1S/C4H4FN2/c5-3-7-2-1-6-4-7/h1,3H2. The quantitative estimate of drug-likeness (QED) is 0.428. The fraction of sp³-hybridized carbons (Fsp3) is 0.500. The molecule has 1 rings (SSSR count). The van der Waals surface area contributed by atoms with Gasteiger partial charge < -0.3 is 4.90 Å². The van der Waals surface area contributed by atoms with E-state index in [0.29, 0.717) is 6.54 Å². The van der Waals surface area contributed by atoms with Gasteiger partial charge in [-0.05, 0) is 0 Å². The van der Waals surface area contributed by atoms with E-state index in [0.717, 1.165) is 4.90 Å². The first-order valence-electron chi connectivity index (χ1n) is 1.92. The topological polar surface area (TPSA) is 15.6 Å². The molecule has 0 fully saturated rings. The van der Waals surface area contributed by atoms with E-state index in [-0.39, 0.29) is 0 Å². The van der Waals surface area contributed by atoms with E-state index in [1.165, 1.54) is 0 Å². The zero-order valence-electron chi connectivity index (χ0n) is 3.69. The Balaban J connectivity index is 2.28. The summed E-state index contributed by atoms with van der Waals surface area (Å²) in [4.78, 5) is 4.71. The van der Waals surface area contributed by atoms with E-state index < -0.39 is 6.80 Å². The maximum Gasteiger partial charge on any atom is 0.169 e. The van der Waals surface area contributed by atoms with Gasteiger partial charge in [-0.25, -0.2) is 4.39 Å². The minimum absolute atomic E-state index is 0.448. The summed E-state index contributed by atoms with van der Waals surface area (Å²) in [7, 11) is 0. The van der Waals surface area contributed by atoms with E-state index in [1.54, 1.807) is 0 Å². The van der Waals surface area contributed by atoms with Gasteiger partial charge in [0.2, 0.25) is 0 Å². The van der Waals surface area contributed by atoms with Crippen LogP contribution in [-0.2, 0) is 0 Å². The second-order valence-electron chi connectivity index (χ2n) is 1.12. The molecule has 37 valence electrons. The molecule has 0 aromatic heterocycles. The lowest BCUT2D eigenvalue weighted by Crippen LogP contribution is -2.12. The monoisotopic (exact) mass is 99.0 g/mol. The molecule has 0 saturated carbocycles. The fourth-order valence-electron chi connectivity index (χ4n) is 0.346. The van der Waals surface area contributed by atoms with Gasteiger partial charge in [-0.1, -0.05) is 0 Å². The average Bonchev–Trinajstić information content (AvgIpc) is 2.14. The third kappa shape index (κ3) is 0.885. The van der Waals surface area contributed by atoms with E-state index in [9.17, 15) is 4.39 Å². The summed E-state index contributed by atoms with van der Waals surface area (Å²) in [6.07, 6.45) is 2.38. The molecule has 0 aliphatic carbocycles. The first-order valence-corrected chi connectivity index (χ1v) is 1.92. The number of hydrogen-bond donors (Lipinski definition) is 0. The van der Waals surface area contributed by atoms with E-state index in [1.807, 2.05) is 0 Å². The largest absolute Gasteiger partial charge is 0.313 e. The highest BCUT2D eigenvalue weighted by Gasteiger charge is 2.04. The molecule has 3 radical (unpaired) electrons. The summed E-state index contributed by atoms with van der Waals surface area (Å²) in [6.45, 7) is 2.47. The van der Waals surface area contributed by atoms with Crippen molar-refractivity contribution in [3.05, 3.63) is 6.54 Å². The molecular weight excluding hydrogens is 95.1 g/mol. The summed E-state index contributed by atoms with van der Waals surface area (Å²) < 4.78 is 11.4. The van der Waals surface area contributed by atoms with E-state index >= 15 is 0 Å². The van der Waals surface area contributed by atoms with Crippen molar-refractivity contribution in [1.82, 2.24) is 4.90 Å². The summed E-state index contributed by atoms with van der Waals surface area (Å²) in [5, 5.41) is 0. The molecule has 1 heterocycles. The fourth-order valence-corrected chi connectivity index (χ4v) is 0.346. The predicted molar refractivity (Wildman–Crippen MR) is 23.4 cm³/mol. The Morgan fingerprint density at radius 3 is 3.00 bits per heavy atom. The van der Waals surface area contributed by atoms with Crippen LogP contribution in [0.2, 0.25) is 0 Å². The van der Waals surface area contributed by atoms with Crippen LogP contribution >= 0.6 is 0 Å². The zero-order valence-corrected chi connectivity index (χ0v) is 3.69. The average molecular weight is 99.1 g/mol. The molecule has 0 aromatic carbocycles. The van der Waals surface area contributed by atoms with E-state index in [2.05, 4.69) is 17.9 Å². The molecular formula is C4H4FN2. The van der Waals surface area contributed by atoms with Gasteiger partial charge in [-0.3, -0.25) is 4.99 Å². The van der Waals surface area contributed by atoms with Crippen molar-refractivity contribution in [1.29, 1.82) is 0 Å². The summed E-state index contributed by atoms with van der Waals surface area (Å²) >= 11 is 0. The lowest BCUT2D eigenvalue weighted by atomic mass is 10.6. The predicted octanol–water partition coefficient (Wildman–Crippen LogP) is 0.173. The highest BCUT2D eigenvalue weighted by Crippen LogP contribution is 1.96. The molecule has 2 nitrogen and oxygen atoms in total. The normalized spacial score (nSPS) is 18.7. The third-order valence-corrected chi connectivity index (χ3v) is 0.652. The Labute approximate surface area is 41.6 Å². The van der Waals surface area contributed by atoms with Crippen molar-refractivity contribution in [2.24, 2.45) is 4.99 Å². The third-order valence-electron chi connectivity index (χ3n) is 0.652. The zero-order chi connectivity index (χ0) is 5.11. The minimum Gasteiger partial charge on any atom is -0.313 e. The summed E-state index contributed by atoms with van der Waals surface area (Å²) in [5.74, 6) is 0. The molecule has 0 amide bonds. The summed E-state index contributed by atoms with van der Waals surface area (Å²) in [6, 6.07) is 0. The van der Waals surface area contributed by atoms with Crippen molar-refractivity contribution < 1.29 is 4.39 Å². The van der Waals surface area contributed by atoms with Crippen LogP contribution in [0, 0.1) is 6.54 Å². The summed E-state index contributed by atoms with van der Waals surface area (Å²) in [5.41, 5.74) is 0. The van der Waals surface area contributed by atoms with Gasteiger partial charge in [-0.2, -0.15) is 0 Å². The smallest absolute Gasteiger partial charge is 0.169 e. The molecule has 1 aliphatic heterocycles. The van der Waals surface area contributed by atoms with Crippen LogP contribution in [0.1, 0.15) is 0 Å². The lowest BCUT2D eigenvalue weighted by molar-refractivity contribution is 0.336. The molecule has 0 spiro atoms. The van der Waals surface area contributed by atoms with Crippen LogP contribution in [0.15, 0.2) is 4.99 Å². The SMILES string of the molecule is FCN1[C]CN=[C]1. The Morgan fingerprint density at radius 1 is 1.86 bits per heavy atom. The second-order valence-corrected chi connectivity index (χ2v) is 1.12. The number of rotatable bonds is 1. The molecule has 1 aliphatic rings. The molecule has 7 heavy (non-hydrogen) atoms. The van der Waals surface area contributed by atoms with Gasteiger partial charge in [0.15, 0.2) is 13.1 Å². The van der Waals surface area contributed by atoms with Gasteiger partial charge >= 0.3 is 0 Å². The number of nitrogens with zero attached hydrogens (tertiary/aromatic N) is 2. The van der Waals surface area contributed by atoms with Crippen LogP contribution in [0.4, 0.5) is 4.39 Å². The highest BCUT2D eigenvalue weighted by molar-refractivity contribution is 5.58.